The molecule has 2 aromatic heterocycles. The Morgan fingerprint density at radius 3 is 2.80 bits per heavy atom. The van der Waals surface area contributed by atoms with E-state index in [0.29, 0.717) is 6.04 Å². The maximum Gasteiger partial charge on any atom is 0.227 e. The fourth-order valence-corrected chi connectivity index (χ4v) is 3.97. The Bertz CT molecular complexity index is 689. The van der Waals surface area contributed by atoms with E-state index in [1.807, 2.05) is 21.8 Å². The third-order valence-corrected chi connectivity index (χ3v) is 5.25. The number of amides is 1. The third-order valence-electron chi connectivity index (χ3n) is 5.25. The molecule has 2 aromatic rings. The van der Waals surface area contributed by atoms with Crippen LogP contribution in [0.2, 0.25) is 0 Å². The molecule has 0 spiro atoms. The first-order valence-electron chi connectivity index (χ1n) is 9.10. The molecular formula is C18H24N6O. The zero-order chi connectivity index (χ0) is 17.1. The van der Waals surface area contributed by atoms with Gasteiger partial charge in [-0.25, -0.2) is 4.98 Å². The average molecular weight is 340 g/mol. The highest BCUT2D eigenvalue weighted by Crippen LogP contribution is 2.26. The van der Waals surface area contributed by atoms with Gasteiger partial charge in [0, 0.05) is 51.0 Å². The van der Waals surface area contributed by atoms with Crippen molar-refractivity contribution < 1.29 is 4.79 Å². The average Bonchev–Trinajstić information content (AvgIpc) is 3.23. The summed E-state index contributed by atoms with van der Waals surface area (Å²) in [6.45, 7) is 3.30. The molecule has 2 fully saturated rings. The van der Waals surface area contributed by atoms with Crippen molar-refractivity contribution in [1.82, 2.24) is 24.6 Å². The molecule has 2 saturated heterocycles. The van der Waals surface area contributed by atoms with Crippen LogP contribution < -0.4 is 4.90 Å². The summed E-state index contributed by atoms with van der Waals surface area (Å²) in [5, 5.41) is 4.35. The van der Waals surface area contributed by atoms with Gasteiger partial charge in [-0.05, 0) is 31.7 Å². The molecule has 25 heavy (non-hydrogen) atoms. The van der Waals surface area contributed by atoms with Crippen molar-refractivity contribution in [1.29, 1.82) is 0 Å². The van der Waals surface area contributed by atoms with Gasteiger partial charge in [0.05, 0.1) is 18.2 Å². The fraction of sp³-hybridized carbons (Fsp3) is 0.556. The number of aromatic nitrogens is 4. The van der Waals surface area contributed by atoms with E-state index in [1.54, 1.807) is 24.8 Å². The number of likely N-dealkylation sites (tertiary alicyclic amines) is 1. The van der Waals surface area contributed by atoms with Gasteiger partial charge in [-0.1, -0.05) is 0 Å². The van der Waals surface area contributed by atoms with E-state index < -0.39 is 0 Å². The van der Waals surface area contributed by atoms with E-state index >= 15 is 0 Å². The lowest BCUT2D eigenvalue weighted by Crippen LogP contribution is -2.48. The van der Waals surface area contributed by atoms with Crippen molar-refractivity contribution in [3.05, 3.63) is 37.1 Å². The number of carbonyl (C=O) groups excluding carboxylic acids is 1. The maximum atomic E-state index is 13.1. The van der Waals surface area contributed by atoms with Gasteiger partial charge in [-0.15, -0.1) is 0 Å². The first-order valence-corrected chi connectivity index (χ1v) is 9.10. The van der Waals surface area contributed by atoms with Gasteiger partial charge in [0.15, 0.2) is 0 Å². The summed E-state index contributed by atoms with van der Waals surface area (Å²) in [7, 11) is 0. The van der Waals surface area contributed by atoms with Gasteiger partial charge in [-0.3, -0.25) is 14.5 Å². The molecule has 1 amide bonds. The smallest absolute Gasteiger partial charge is 0.227 e. The van der Waals surface area contributed by atoms with E-state index in [9.17, 15) is 4.79 Å². The van der Waals surface area contributed by atoms with Gasteiger partial charge in [0.2, 0.25) is 5.91 Å². The monoisotopic (exact) mass is 340 g/mol. The summed E-state index contributed by atoms with van der Waals surface area (Å²) < 4.78 is 1.99. The van der Waals surface area contributed by atoms with Gasteiger partial charge in [0.1, 0.15) is 5.82 Å². The molecule has 0 N–H and O–H groups in total. The highest BCUT2D eigenvalue weighted by atomic mass is 16.2. The third kappa shape index (κ3) is 3.50. The molecule has 0 saturated carbocycles. The molecule has 0 aromatic carbocycles. The Kier molecular flexibility index (Phi) is 4.63. The minimum atomic E-state index is 0.0483. The normalized spacial score (nSPS) is 24.3. The largest absolute Gasteiger partial charge is 0.355 e. The molecule has 0 bridgehead atoms. The Hall–Kier alpha value is -2.44. The number of rotatable bonds is 3. The lowest BCUT2D eigenvalue weighted by molar-refractivity contribution is -0.137. The summed E-state index contributed by atoms with van der Waals surface area (Å²) in [6, 6.07) is 2.24. The van der Waals surface area contributed by atoms with E-state index in [0.717, 1.165) is 57.7 Å². The van der Waals surface area contributed by atoms with E-state index in [4.69, 9.17) is 0 Å². The maximum absolute atomic E-state index is 13.1. The molecule has 0 radical (unpaired) electrons. The first-order chi connectivity index (χ1) is 12.3. The van der Waals surface area contributed by atoms with Crippen LogP contribution >= 0.6 is 0 Å². The van der Waals surface area contributed by atoms with Gasteiger partial charge in [0.25, 0.3) is 0 Å². The summed E-state index contributed by atoms with van der Waals surface area (Å²) >= 11 is 0. The zero-order valence-electron chi connectivity index (χ0n) is 14.4. The molecule has 132 valence electrons. The molecule has 2 aliphatic rings. The second kappa shape index (κ2) is 7.21. The summed E-state index contributed by atoms with van der Waals surface area (Å²) in [4.78, 5) is 25.8. The molecule has 0 aliphatic carbocycles. The van der Waals surface area contributed by atoms with Crippen LogP contribution in [0, 0.1) is 5.92 Å². The molecule has 2 aliphatic heterocycles. The molecule has 7 nitrogen and oxygen atoms in total. The minimum Gasteiger partial charge on any atom is -0.355 e. The van der Waals surface area contributed by atoms with E-state index in [-0.39, 0.29) is 11.8 Å². The molecule has 2 atom stereocenters. The van der Waals surface area contributed by atoms with Crippen LogP contribution in [0.25, 0.3) is 0 Å². The highest BCUT2D eigenvalue weighted by Gasteiger charge is 2.32. The van der Waals surface area contributed by atoms with Crippen molar-refractivity contribution >= 4 is 11.7 Å². The summed E-state index contributed by atoms with van der Waals surface area (Å²) in [5.74, 6) is 1.20. The van der Waals surface area contributed by atoms with Crippen LogP contribution in [0.3, 0.4) is 0 Å². The van der Waals surface area contributed by atoms with E-state index in [2.05, 4.69) is 20.0 Å². The Labute approximate surface area is 147 Å². The van der Waals surface area contributed by atoms with Crippen LogP contribution in [0.15, 0.2) is 37.1 Å². The molecule has 0 unspecified atom stereocenters. The predicted molar refractivity (Wildman–Crippen MR) is 94.0 cm³/mol. The summed E-state index contributed by atoms with van der Waals surface area (Å²) in [5.41, 5.74) is 0. The minimum absolute atomic E-state index is 0.0483. The number of hydrogen-bond donors (Lipinski definition) is 0. The Morgan fingerprint density at radius 1 is 1.08 bits per heavy atom. The molecule has 4 rings (SSSR count). The number of anilines is 1. The van der Waals surface area contributed by atoms with Crippen molar-refractivity contribution in [2.24, 2.45) is 5.92 Å². The first kappa shape index (κ1) is 16.1. The Morgan fingerprint density at radius 2 is 2.00 bits per heavy atom. The molecule has 4 heterocycles. The highest BCUT2D eigenvalue weighted by molar-refractivity contribution is 5.80. The van der Waals surface area contributed by atoms with E-state index in [1.165, 1.54) is 0 Å². The standard InChI is InChI=1S/C18H24N6O/c25-18(23-10-2-5-16(14-23)24-11-3-6-21-24)15-4-1-9-22(13-15)17-12-19-7-8-20-17/h3,6-8,11-12,15-16H,1-2,4-5,9-10,13-14H2/t15-,16+/m1/s1. The number of hydrogen-bond acceptors (Lipinski definition) is 5. The molecule has 7 heteroatoms. The van der Waals surface area contributed by atoms with Crippen LogP contribution in [-0.4, -0.2) is 56.7 Å². The van der Waals surface area contributed by atoms with Crippen LogP contribution in [0.1, 0.15) is 31.7 Å². The summed E-state index contributed by atoms with van der Waals surface area (Å²) in [6.07, 6.45) is 13.1. The lowest BCUT2D eigenvalue weighted by Gasteiger charge is -2.38. The second-order valence-corrected chi connectivity index (χ2v) is 6.92. The van der Waals surface area contributed by atoms with Crippen molar-refractivity contribution in [3.8, 4) is 0 Å². The number of carbonyl (C=O) groups is 1. The second-order valence-electron chi connectivity index (χ2n) is 6.92. The predicted octanol–water partition coefficient (Wildman–Crippen LogP) is 1.75. The van der Waals surface area contributed by atoms with Gasteiger partial charge >= 0.3 is 0 Å². The van der Waals surface area contributed by atoms with Crippen molar-refractivity contribution in [3.63, 3.8) is 0 Å². The Balaban J connectivity index is 1.41. The van der Waals surface area contributed by atoms with Crippen molar-refractivity contribution in [2.45, 2.75) is 31.7 Å². The number of piperidine rings is 2. The SMILES string of the molecule is O=C([C@@H]1CCCN(c2cnccn2)C1)N1CCC[C@H](n2cccn2)C1. The van der Waals surface area contributed by atoms with Crippen LogP contribution in [0.4, 0.5) is 5.82 Å². The van der Waals surface area contributed by atoms with Crippen LogP contribution in [0.5, 0.6) is 0 Å². The van der Waals surface area contributed by atoms with Gasteiger partial charge < -0.3 is 9.80 Å². The molecular weight excluding hydrogens is 316 g/mol. The lowest BCUT2D eigenvalue weighted by atomic mass is 9.95. The fourth-order valence-electron chi connectivity index (χ4n) is 3.97. The van der Waals surface area contributed by atoms with Crippen molar-refractivity contribution in [2.75, 3.05) is 31.1 Å². The quantitative estimate of drug-likeness (QED) is 0.852. The topological polar surface area (TPSA) is 67.2 Å². The van der Waals surface area contributed by atoms with Gasteiger partial charge in [-0.2, -0.15) is 5.10 Å². The number of nitrogens with zero attached hydrogens (tertiary/aromatic N) is 6. The zero-order valence-corrected chi connectivity index (χ0v) is 14.4. The van der Waals surface area contributed by atoms with Crippen LogP contribution in [-0.2, 0) is 4.79 Å².